The maximum atomic E-state index is 12.1. The van der Waals surface area contributed by atoms with E-state index in [1.165, 1.54) is 6.42 Å². The lowest BCUT2D eigenvalue weighted by Gasteiger charge is -2.31. The minimum absolute atomic E-state index is 0. The maximum absolute atomic E-state index is 12.1. The number of halogens is 2. The molecule has 1 saturated heterocycles. The van der Waals surface area contributed by atoms with Crippen LogP contribution in [0.15, 0.2) is 22.7 Å². The molecule has 0 aromatic heterocycles. The summed E-state index contributed by atoms with van der Waals surface area (Å²) in [5.74, 6) is 0.0622. The molecule has 0 radical (unpaired) electrons. The van der Waals surface area contributed by atoms with Gasteiger partial charge in [0.25, 0.3) is 0 Å². The number of benzene rings is 1. The minimum atomic E-state index is 0. The van der Waals surface area contributed by atoms with Crippen LogP contribution in [0.25, 0.3) is 0 Å². The second-order valence-electron chi connectivity index (χ2n) is 5.37. The average molecular weight is 377 g/mol. The van der Waals surface area contributed by atoms with Gasteiger partial charge in [-0.05, 0) is 57.1 Å². The number of hydrogen-bond donors (Lipinski definition) is 2. The third-order valence-electron chi connectivity index (χ3n) is 3.74. The molecule has 0 saturated carbocycles. The number of amides is 1. The van der Waals surface area contributed by atoms with Gasteiger partial charge in [0.2, 0.25) is 5.91 Å². The van der Waals surface area contributed by atoms with Gasteiger partial charge in [0.15, 0.2) is 0 Å². The van der Waals surface area contributed by atoms with Crippen LogP contribution in [0.4, 0.5) is 5.69 Å². The van der Waals surface area contributed by atoms with Crippen molar-refractivity contribution >= 4 is 39.9 Å². The van der Waals surface area contributed by atoms with E-state index in [2.05, 4.69) is 31.5 Å². The quantitative estimate of drug-likeness (QED) is 0.849. The summed E-state index contributed by atoms with van der Waals surface area (Å²) >= 11 is 3.43. The van der Waals surface area contributed by atoms with E-state index in [4.69, 9.17) is 0 Å². The van der Waals surface area contributed by atoms with Gasteiger partial charge in [-0.15, -0.1) is 12.4 Å². The van der Waals surface area contributed by atoms with Crippen LogP contribution < -0.4 is 10.6 Å². The molecule has 1 aliphatic rings. The molecule has 0 spiro atoms. The van der Waals surface area contributed by atoms with Crippen molar-refractivity contribution < 1.29 is 4.79 Å². The van der Waals surface area contributed by atoms with Gasteiger partial charge < -0.3 is 10.6 Å². The van der Waals surface area contributed by atoms with Gasteiger partial charge in [-0.25, -0.2) is 0 Å². The lowest BCUT2D eigenvalue weighted by molar-refractivity contribution is -0.117. The average Bonchev–Trinajstić information content (AvgIpc) is 2.42. The van der Waals surface area contributed by atoms with Crippen molar-refractivity contribution in [3.05, 3.63) is 28.2 Å². The van der Waals surface area contributed by atoms with Crippen LogP contribution in [0, 0.1) is 6.92 Å². The summed E-state index contributed by atoms with van der Waals surface area (Å²) in [5.41, 5.74) is 1.96. The number of rotatable bonds is 4. The predicted molar refractivity (Wildman–Crippen MR) is 93.3 cm³/mol. The van der Waals surface area contributed by atoms with Gasteiger partial charge in [0.05, 0.1) is 6.54 Å². The Labute approximate surface area is 141 Å². The summed E-state index contributed by atoms with van der Waals surface area (Å²) in [6.45, 7) is 4.42. The summed E-state index contributed by atoms with van der Waals surface area (Å²) < 4.78 is 1.03. The molecule has 0 aliphatic carbocycles. The smallest absolute Gasteiger partial charge is 0.238 e. The summed E-state index contributed by atoms with van der Waals surface area (Å²) in [5, 5.41) is 6.29. The molecule has 1 amide bonds. The molecule has 1 fully saturated rings. The third-order valence-corrected chi connectivity index (χ3v) is 4.24. The van der Waals surface area contributed by atoms with Crippen molar-refractivity contribution in [3.63, 3.8) is 0 Å². The number of piperidine rings is 1. The van der Waals surface area contributed by atoms with Gasteiger partial charge in [-0.1, -0.05) is 15.9 Å². The van der Waals surface area contributed by atoms with Gasteiger partial charge in [0.1, 0.15) is 0 Å². The lowest BCUT2D eigenvalue weighted by Crippen LogP contribution is -2.46. The van der Waals surface area contributed by atoms with Crippen LogP contribution in [0.5, 0.6) is 0 Å². The molecule has 2 N–H and O–H groups in total. The normalized spacial score (nSPS) is 18.9. The first-order valence-electron chi connectivity index (χ1n) is 7.04. The van der Waals surface area contributed by atoms with Gasteiger partial charge in [-0.3, -0.25) is 9.69 Å². The van der Waals surface area contributed by atoms with Crippen LogP contribution >= 0.6 is 28.3 Å². The Morgan fingerprint density at radius 1 is 1.48 bits per heavy atom. The monoisotopic (exact) mass is 375 g/mol. The number of hydrogen-bond acceptors (Lipinski definition) is 3. The number of carbonyl (C=O) groups is 1. The molecule has 21 heavy (non-hydrogen) atoms. The van der Waals surface area contributed by atoms with Crippen molar-refractivity contribution in [2.45, 2.75) is 25.8 Å². The highest BCUT2D eigenvalue weighted by molar-refractivity contribution is 9.10. The Hall–Kier alpha value is -0.620. The molecule has 1 aliphatic heterocycles. The number of nitrogens with zero attached hydrogens (tertiary/aromatic N) is 1. The Bertz CT molecular complexity index is 484. The topological polar surface area (TPSA) is 44.4 Å². The van der Waals surface area contributed by atoms with Crippen molar-refractivity contribution in [2.24, 2.45) is 0 Å². The highest BCUT2D eigenvalue weighted by atomic mass is 79.9. The lowest BCUT2D eigenvalue weighted by atomic mass is 10.1. The fourth-order valence-electron chi connectivity index (χ4n) is 2.59. The Kier molecular flexibility index (Phi) is 7.66. The van der Waals surface area contributed by atoms with Gasteiger partial charge in [-0.2, -0.15) is 0 Å². The van der Waals surface area contributed by atoms with Crippen LogP contribution in [0.1, 0.15) is 18.4 Å². The summed E-state index contributed by atoms with van der Waals surface area (Å²) in [6.07, 6.45) is 2.34. The van der Waals surface area contributed by atoms with E-state index in [1.807, 2.05) is 32.2 Å². The van der Waals surface area contributed by atoms with E-state index in [1.54, 1.807) is 0 Å². The highest BCUT2D eigenvalue weighted by Crippen LogP contribution is 2.20. The second-order valence-corrected chi connectivity index (χ2v) is 6.29. The minimum Gasteiger partial charge on any atom is -0.325 e. The zero-order chi connectivity index (χ0) is 14.5. The summed E-state index contributed by atoms with van der Waals surface area (Å²) in [4.78, 5) is 14.3. The molecular weight excluding hydrogens is 354 g/mol. The standard InChI is InChI=1S/C15H22BrN3O.ClH/c1-11-8-12(16)5-6-14(11)18-15(20)10-19-7-3-4-13(9-19)17-2;/h5-6,8,13,17H,3-4,7,9-10H2,1-2H3,(H,18,20);1H. The summed E-state index contributed by atoms with van der Waals surface area (Å²) in [6, 6.07) is 6.39. The van der Waals surface area contributed by atoms with E-state index < -0.39 is 0 Å². The van der Waals surface area contributed by atoms with Crippen LogP contribution in [0.3, 0.4) is 0 Å². The zero-order valence-corrected chi connectivity index (χ0v) is 14.9. The molecule has 1 atom stereocenters. The van der Waals surface area contributed by atoms with Crippen molar-refractivity contribution in [1.82, 2.24) is 10.2 Å². The van der Waals surface area contributed by atoms with Crippen LogP contribution in [0.2, 0.25) is 0 Å². The molecular formula is C15H23BrClN3O. The van der Waals surface area contributed by atoms with Gasteiger partial charge >= 0.3 is 0 Å². The van der Waals surface area contributed by atoms with Crippen LogP contribution in [-0.4, -0.2) is 43.5 Å². The van der Waals surface area contributed by atoms with Crippen LogP contribution in [-0.2, 0) is 4.79 Å². The molecule has 0 bridgehead atoms. The molecule has 1 aromatic carbocycles. The largest absolute Gasteiger partial charge is 0.325 e. The molecule has 2 rings (SSSR count). The first-order valence-corrected chi connectivity index (χ1v) is 7.83. The zero-order valence-electron chi connectivity index (χ0n) is 12.5. The fraction of sp³-hybridized carbons (Fsp3) is 0.533. The third kappa shape index (κ3) is 5.58. The number of nitrogens with one attached hydrogen (secondary N) is 2. The first kappa shape index (κ1) is 18.4. The van der Waals surface area contributed by atoms with E-state index in [9.17, 15) is 4.79 Å². The maximum Gasteiger partial charge on any atom is 0.238 e. The van der Waals surface area contributed by atoms with Gasteiger partial charge in [0, 0.05) is 22.7 Å². The fourth-order valence-corrected chi connectivity index (χ4v) is 3.07. The number of likely N-dealkylation sites (tertiary alicyclic amines) is 1. The van der Waals surface area contributed by atoms with E-state index >= 15 is 0 Å². The van der Waals surface area contributed by atoms with Crippen molar-refractivity contribution in [1.29, 1.82) is 0 Å². The number of likely N-dealkylation sites (N-methyl/N-ethyl adjacent to an activating group) is 1. The molecule has 6 heteroatoms. The molecule has 1 heterocycles. The van der Waals surface area contributed by atoms with E-state index in [0.29, 0.717) is 12.6 Å². The Morgan fingerprint density at radius 2 is 2.24 bits per heavy atom. The SMILES string of the molecule is CNC1CCCN(CC(=O)Nc2ccc(Br)cc2C)C1.Cl. The highest BCUT2D eigenvalue weighted by Gasteiger charge is 2.20. The molecule has 1 aromatic rings. The Morgan fingerprint density at radius 3 is 2.90 bits per heavy atom. The number of aryl methyl sites for hydroxylation is 1. The van der Waals surface area contributed by atoms with Crippen molar-refractivity contribution in [3.8, 4) is 0 Å². The summed E-state index contributed by atoms with van der Waals surface area (Å²) in [7, 11) is 1.99. The molecule has 118 valence electrons. The van der Waals surface area contributed by atoms with E-state index in [0.717, 1.165) is 35.2 Å². The molecule has 1 unspecified atom stereocenters. The van der Waals surface area contributed by atoms with Crippen molar-refractivity contribution in [2.75, 3.05) is 32.0 Å². The molecule has 4 nitrogen and oxygen atoms in total. The number of anilines is 1. The Balaban J connectivity index is 0.00000220. The predicted octanol–water partition coefficient (Wildman–Crippen LogP) is 2.80. The second kappa shape index (κ2) is 8.73. The first-order chi connectivity index (χ1) is 9.58. The van der Waals surface area contributed by atoms with E-state index in [-0.39, 0.29) is 18.3 Å². The number of carbonyl (C=O) groups excluding carboxylic acids is 1.